The molecule has 0 amide bonds. The molecule has 0 aliphatic carbocycles. The molecule has 2 rings (SSSR count). The van der Waals surface area contributed by atoms with Crippen LogP contribution in [0.2, 0.25) is 0 Å². The molecular formula is C20H31IN4O. The van der Waals surface area contributed by atoms with Crippen LogP contribution in [-0.2, 0) is 19.5 Å². The number of aromatic nitrogens is 1. The summed E-state index contributed by atoms with van der Waals surface area (Å²) < 4.78 is 5.45. The zero-order valence-corrected chi connectivity index (χ0v) is 18.5. The number of nitrogens with one attached hydrogen (secondary N) is 2. The largest absolute Gasteiger partial charge is 0.359 e. The van der Waals surface area contributed by atoms with E-state index in [-0.39, 0.29) is 24.0 Å². The van der Waals surface area contributed by atoms with Gasteiger partial charge in [-0.25, -0.2) is 0 Å². The number of benzene rings is 1. The van der Waals surface area contributed by atoms with Crippen LogP contribution in [-0.4, -0.2) is 18.2 Å². The molecule has 0 radical (unpaired) electrons. The molecule has 5 nitrogen and oxygen atoms in total. The summed E-state index contributed by atoms with van der Waals surface area (Å²) in [6.45, 7) is 7.86. The van der Waals surface area contributed by atoms with Gasteiger partial charge in [0.15, 0.2) is 11.7 Å². The minimum atomic E-state index is 0. The Bertz CT molecular complexity index is 680. The van der Waals surface area contributed by atoms with Gasteiger partial charge >= 0.3 is 0 Å². The predicted octanol–water partition coefficient (Wildman–Crippen LogP) is 4.62. The van der Waals surface area contributed by atoms with Crippen molar-refractivity contribution in [3.8, 4) is 0 Å². The third kappa shape index (κ3) is 6.30. The molecule has 0 fully saturated rings. The van der Waals surface area contributed by atoms with Gasteiger partial charge in [0, 0.05) is 25.6 Å². The molecule has 1 aromatic carbocycles. The molecular weight excluding hydrogens is 439 g/mol. The van der Waals surface area contributed by atoms with Gasteiger partial charge in [0.05, 0.1) is 12.2 Å². The molecule has 0 saturated carbocycles. The normalized spacial score (nSPS) is 11.3. The lowest BCUT2D eigenvalue weighted by Crippen LogP contribution is -2.36. The second-order valence-corrected chi connectivity index (χ2v) is 6.13. The van der Waals surface area contributed by atoms with E-state index in [1.807, 2.05) is 6.07 Å². The second-order valence-electron chi connectivity index (χ2n) is 6.13. The first-order valence-electron chi connectivity index (χ1n) is 9.18. The van der Waals surface area contributed by atoms with Gasteiger partial charge in [-0.2, -0.15) is 0 Å². The van der Waals surface area contributed by atoms with E-state index < -0.39 is 0 Å². The number of rotatable bonds is 8. The molecule has 2 aromatic rings. The fourth-order valence-corrected chi connectivity index (χ4v) is 2.96. The molecule has 1 aromatic heterocycles. The van der Waals surface area contributed by atoms with Crippen LogP contribution in [0, 0.1) is 0 Å². The maximum absolute atomic E-state index is 5.45. The fraction of sp³-hybridized carbons (Fsp3) is 0.500. The van der Waals surface area contributed by atoms with Crippen molar-refractivity contribution in [2.75, 3.05) is 7.05 Å². The zero-order valence-electron chi connectivity index (χ0n) is 16.2. The molecule has 6 heteroatoms. The molecule has 0 aliphatic rings. The number of nitrogens with zero attached hydrogens (tertiary/aromatic N) is 2. The number of aliphatic imine (C=N–C) groups is 1. The van der Waals surface area contributed by atoms with Gasteiger partial charge in [0.1, 0.15) is 0 Å². The summed E-state index contributed by atoms with van der Waals surface area (Å²) in [5.41, 5.74) is 3.70. The van der Waals surface area contributed by atoms with Crippen molar-refractivity contribution >= 4 is 29.9 Å². The van der Waals surface area contributed by atoms with Crippen molar-refractivity contribution < 1.29 is 4.52 Å². The first-order chi connectivity index (χ1) is 12.2. The number of halogens is 1. The first kappa shape index (κ1) is 22.5. The molecule has 1 heterocycles. The van der Waals surface area contributed by atoms with Crippen LogP contribution in [0.1, 0.15) is 62.1 Å². The summed E-state index contributed by atoms with van der Waals surface area (Å²) in [7, 11) is 1.77. The highest BCUT2D eigenvalue weighted by molar-refractivity contribution is 14.0. The topological polar surface area (TPSA) is 62.5 Å². The van der Waals surface area contributed by atoms with Gasteiger partial charge in [0.25, 0.3) is 0 Å². The van der Waals surface area contributed by atoms with Crippen LogP contribution < -0.4 is 10.6 Å². The Kier molecular flexibility index (Phi) is 10.3. The molecule has 0 saturated heterocycles. The van der Waals surface area contributed by atoms with Crippen molar-refractivity contribution in [1.82, 2.24) is 15.8 Å². The monoisotopic (exact) mass is 470 g/mol. The minimum absolute atomic E-state index is 0. The Morgan fingerprint density at radius 1 is 1.08 bits per heavy atom. The molecule has 0 spiro atoms. The lowest BCUT2D eigenvalue weighted by atomic mass is 9.99. The van der Waals surface area contributed by atoms with E-state index in [0.29, 0.717) is 12.5 Å². The highest BCUT2D eigenvalue weighted by Crippen LogP contribution is 2.22. The molecule has 0 aliphatic heterocycles. The Morgan fingerprint density at radius 3 is 2.35 bits per heavy atom. The van der Waals surface area contributed by atoms with E-state index >= 15 is 0 Å². The van der Waals surface area contributed by atoms with E-state index in [9.17, 15) is 0 Å². The van der Waals surface area contributed by atoms with Crippen LogP contribution in [0.3, 0.4) is 0 Å². The smallest absolute Gasteiger partial charge is 0.191 e. The van der Waals surface area contributed by atoms with E-state index in [1.54, 1.807) is 7.05 Å². The molecule has 0 bridgehead atoms. The minimum Gasteiger partial charge on any atom is -0.359 e. The SMILES string of the molecule is CCc1ccccc1CNC(=NC)NCc1cc(C(CC)CC)no1.I. The summed E-state index contributed by atoms with van der Waals surface area (Å²) in [6, 6.07) is 10.5. The zero-order chi connectivity index (χ0) is 18.1. The van der Waals surface area contributed by atoms with Crippen molar-refractivity contribution in [3.63, 3.8) is 0 Å². The highest BCUT2D eigenvalue weighted by atomic mass is 127. The van der Waals surface area contributed by atoms with E-state index in [4.69, 9.17) is 4.52 Å². The van der Waals surface area contributed by atoms with Crippen LogP contribution in [0.4, 0.5) is 0 Å². The Labute approximate surface area is 174 Å². The maximum atomic E-state index is 5.45. The Hall–Kier alpha value is -1.57. The van der Waals surface area contributed by atoms with Crippen LogP contribution in [0.5, 0.6) is 0 Å². The molecule has 0 atom stereocenters. The van der Waals surface area contributed by atoms with Gasteiger partial charge in [-0.05, 0) is 30.4 Å². The van der Waals surface area contributed by atoms with Gasteiger partial charge in [0.2, 0.25) is 0 Å². The fourth-order valence-electron chi connectivity index (χ4n) is 2.96. The van der Waals surface area contributed by atoms with Crippen LogP contribution in [0.15, 0.2) is 39.8 Å². The summed E-state index contributed by atoms with van der Waals surface area (Å²) in [5.74, 6) is 2.06. The number of hydrogen-bond acceptors (Lipinski definition) is 3. The van der Waals surface area contributed by atoms with Crippen LogP contribution in [0.25, 0.3) is 0 Å². The number of guanidine groups is 1. The van der Waals surface area contributed by atoms with Crippen molar-refractivity contribution in [2.24, 2.45) is 4.99 Å². The van der Waals surface area contributed by atoms with Crippen molar-refractivity contribution in [3.05, 3.63) is 52.9 Å². The molecule has 2 N–H and O–H groups in total. The number of hydrogen-bond donors (Lipinski definition) is 2. The third-order valence-corrected chi connectivity index (χ3v) is 4.58. The number of aryl methyl sites for hydroxylation is 1. The third-order valence-electron chi connectivity index (χ3n) is 4.58. The summed E-state index contributed by atoms with van der Waals surface area (Å²) in [4.78, 5) is 4.28. The predicted molar refractivity (Wildman–Crippen MR) is 118 cm³/mol. The van der Waals surface area contributed by atoms with Gasteiger partial charge in [-0.1, -0.05) is 50.2 Å². The van der Waals surface area contributed by atoms with Crippen molar-refractivity contribution in [1.29, 1.82) is 0 Å². The summed E-state index contributed by atoms with van der Waals surface area (Å²) >= 11 is 0. The Balaban J connectivity index is 0.00000338. The molecule has 0 unspecified atom stereocenters. The average molecular weight is 470 g/mol. The second kappa shape index (κ2) is 11.9. The maximum Gasteiger partial charge on any atom is 0.191 e. The van der Waals surface area contributed by atoms with E-state index in [0.717, 1.165) is 43.2 Å². The van der Waals surface area contributed by atoms with E-state index in [2.05, 4.69) is 65.8 Å². The molecule has 26 heavy (non-hydrogen) atoms. The van der Waals surface area contributed by atoms with Gasteiger partial charge in [-0.3, -0.25) is 4.99 Å². The lowest BCUT2D eigenvalue weighted by Gasteiger charge is -2.13. The summed E-state index contributed by atoms with van der Waals surface area (Å²) in [5, 5.41) is 10.8. The van der Waals surface area contributed by atoms with Crippen LogP contribution >= 0.6 is 24.0 Å². The first-order valence-corrected chi connectivity index (χ1v) is 9.18. The lowest BCUT2D eigenvalue weighted by molar-refractivity contribution is 0.368. The van der Waals surface area contributed by atoms with Gasteiger partial charge in [-0.15, -0.1) is 24.0 Å². The van der Waals surface area contributed by atoms with Crippen molar-refractivity contribution in [2.45, 2.75) is 59.0 Å². The quantitative estimate of drug-likeness (QED) is 0.336. The summed E-state index contributed by atoms with van der Waals surface area (Å²) in [6.07, 6.45) is 3.19. The standard InChI is InChI=1S/C20H30N4O.HI/c1-5-15(6-2)19-12-18(25-24-19)14-23-20(21-4)22-13-17-11-9-8-10-16(17)7-3;/h8-12,15H,5-7,13-14H2,1-4H3,(H2,21,22,23);1H. The molecule has 144 valence electrons. The average Bonchev–Trinajstić information content (AvgIpc) is 3.12. The van der Waals surface area contributed by atoms with Gasteiger partial charge < -0.3 is 15.2 Å². The Morgan fingerprint density at radius 2 is 1.73 bits per heavy atom. The van der Waals surface area contributed by atoms with E-state index in [1.165, 1.54) is 11.1 Å². The highest BCUT2D eigenvalue weighted by Gasteiger charge is 2.13.